The second kappa shape index (κ2) is 34.8. The number of nitrogens with zero attached hydrogens (tertiary/aromatic N) is 7. The average molecular weight is 1210 g/mol. The van der Waals surface area contributed by atoms with Crippen LogP contribution >= 0.6 is 0 Å². The van der Waals surface area contributed by atoms with Crippen molar-refractivity contribution in [2.75, 3.05) is 55.9 Å². The summed E-state index contributed by atoms with van der Waals surface area (Å²) in [4.78, 5) is 183. The number of rotatable bonds is 15. The van der Waals surface area contributed by atoms with Gasteiger partial charge in [0.25, 0.3) is 5.91 Å². The van der Waals surface area contributed by atoms with Crippen LogP contribution in [0, 0.1) is 47.3 Å². The minimum Gasteiger partial charge on any atom is -0.343 e. The summed E-state index contributed by atoms with van der Waals surface area (Å²) in [7, 11) is 9.80. The zero-order chi connectivity index (χ0) is 66.8. The predicted molar refractivity (Wildman–Crippen MR) is 332 cm³/mol. The highest BCUT2D eigenvalue weighted by Gasteiger charge is 2.46. The van der Waals surface area contributed by atoms with Crippen LogP contribution in [0.15, 0.2) is 12.2 Å². The Kier molecular flexibility index (Phi) is 31.4. The van der Waals surface area contributed by atoms with Gasteiger partial charge >= 0.3 is 0 Å². The molecule has 86 heavy (non-hydrogen) atoms. The number of carbonyl (C=O) groups is 12. The van der Waals surface area contributed by atoms with Crippen molar-refractivity contribution in [3.05, 3.63) is 12.2 Å². The molecule has 1 saturated heterocycles. The Labute approximate surface area is 514 Å². The van der Waals surface area contributed by atoms with E-state index in [4.69, 9.17) is 0 Å². The number of likely N-dealkylation sites (N-methyl/N-ethyl adjacent to an activating group) is 7. The standard InChI is InChI=1S/C63H111N11O12/c1-26-27-28-41(16)53(76)52-57(80)67-49(38(10)11)61(84)68(19)33-48(75)69(20)44(29-34(2)3)56(79)66-50(39(12)13)62(85)70(21)45(30-35(4)5)55(78)64-42(17)54(77)65-43(18)58(81)71(22)46(31-36(6)7)59(82)72(23)47(32-37(8)9)60(83)73(24)51(40(14)15)63(86)74(52)25/h26-27,34-47,49-52H,28-33H2,1-25H3,(H,64,78)(H,65,77)(H,66,79)(H,67,80)/b27-26+/t41-,42-,43-,44+,45+,46+,47+,49+,50+,51+,52+/m1/s1. The number of carbonyl (C=O) groups excluding carboxylic acids is 12. The fraction of sp³-hybridized carbons (Fsp3) is 0.778. The van der Waals surface area contributed by atoms with Crippen molar-refractivity contribution in [1.29, 1.82) is 0 Å². The fourth-order valence-corrected chi connectivity index (χ4v) is 10.7. The third kappa shape index (κ3) is 21.5. The van der Waals surface area contributed by atoms with E-state index in [0.717, 1.165) is 9.80 Å². The number of hydrogen-bond donors (Lipinski definition) is 4. The molecule has 1 aliphatic rings. The number of ketones is 1. The van der Waals surface area contributed by atoms with Crippen molar-refractivity contribution < 1.29 is 57.5 Å². The van der Waals surface area contributed by atoms with Crippen LogP contribution in [-0.4, -0.2) is 221 Å². The van der Waals surface area contributed by atoms with Crippen LogP contribution in [0.5, 0.6) is 0 Å². The largest absolute Gasteiger partial charge is 0.343 e. The summed E-state index contributed by atoms with van der Waals surface area (Å²) in [5.41, 5.74) is 0. The summed E-state index contributed by atoms with van der Waals surface area (Å²) in [6, 6.07) is -12.7. The Balaban J connectivity index is 4.37. The third-order valence-electron chi connectivity index (χ3n) is 16.1. The van der Waals surface area contributed by atoms with Gasteiger partial charge in [0.05, 0.1) is 6.54 Å². The fourth-order valence-electron chi connectivity index (χ4n) is 10.7. The van der Waals surface area contributed by atoms with Gasteiger partial charge in [-0.05, 0) is 94.3 Å². The molecule has 11 atom stereocenters. The van der Waals surface area contributed by atoms with Crippen LogP contribution in [0.2, 0.25) is 0 Å². The van der Waals surface area contributed by atoms with Crippen molar-refractivity contribution >= 4 is 70.8 Å². The minimum absolute atomic E-state index is 0.128. The van der Waals surface area contributed by atoms with Gasteiger partial charge in [0.1, 0.15) is 54.4 Å². The van der Waals surface area contributed by atoms with E-state index < -0.39 is 161 Å². The van der Waals surface area contributed by atoms with E-state index in [1.165, 1.54) is 87.7 Å². The molecule has 23 heteroatoms. The molecule has 490 valence electrons. The lowest BCUT2D eigenvalue weighted by Gasteiger charge is -2.41. The first-order valence-electron chi connectivity index (χ1n) is 30.8. The smallest absolute Gasteiger partial charge is 0.251 e. The first kappa shape index (κ1) is 77.6. The van der Waals surface area contributed by atoms with Crippen molar-refractivity contribution in [2.24, 2.45) is 47.3 Å². The number of amides is 11. The molecule has 0 spiro atoms. The van der Waals surface area contributed by atoms with E-state index in [-0.39, 0.29) is 55.8 Å². The van der Waals surface area contributed by atoms with Gasteiger partial charge in [-0.1, -0.05) is 116 Å². The highest BCUT2D eigenvalue weighted by Crippen LogP contribution is 2.25. The lowest BCUT2D eigenvalue weighted by molar-refractivity contribution is -0.157. The van der Waals surface area contributed by atoms with Crippen LogP contribution in [-0.2, 0) is 57.5 Å². The van der Waals surface area contributed by atoms with Crippen LogP contribution in [0.4, 0.5) is 0 Å². The number of allylic oxidation sites excluding steroid dienone is 2. The number of hydrogen-bond acceptors (Lipinski definition) is 12. The van der Waals surface area contributed by atoms with Gasteiger partial charge in [-0.3, -0.25) is 57.5 Å². The topological polar surface area (TPSA) is 276 Å². The summed E-state index contributed by atoms with van der Waals surface area (Å²) in [6.07, 6.45) is 4.28. The maximum absolute atomic E-state index is 15.2. The molecule has 1 rings (SSSR count). The third-order valence-corrected chi connectivity index (χ3v) is 16.1. The van der Waals surface area contributed by atoms with E-state index in [1.807, 2.05) is 55.4 Å². The molecular weight excluding hydrogens is 1100 g/mol. The van der Waals surface area contributed by atoms with Gasteiger partial charge in [-0.2, -0.15) is 0 Å². The van der Waals surface area contributed by atoms with E-state index in [1.54, 1.807) is 67.5 Å². The van der Waals surface area contributed by atoms with Crippen LogP contribution in [0.1, 0.15) is 157 Å². The molecule has 23 nitrogen and oxygen atoms in total. The number of nitrogens with one attached hydrogen (secondary N) is 4. The predicted octanol–water partition coefficient (Wildman–Crippen LogP) is 3.72. The van der Waals surface area contributed by atoms with Crippen LogP contribution in [0.25, 0.3) is 0 Å². The SMILES string of the molecule is C/C=C/C[C@@H](C)C(=O)[C@H]1C(=O)N[C@@H](C(C)C)C(=O)N(C)CC(=O)N(C)[C@@H](CC(C)C)C(=O)N[C@@H](C(C)C)C(=O)N(C)[C@@H](CC(C)C)C(=O)N[C@H](C)C(=O)N[C@H](C)C(=O)N(C)[C@@H](CC(C)C)C(=O)N(C)[C@@H](CC(C)C)C(=O)N(C)[C@@H](C(C)C)C(=O)N1C. The monoisotopic (exact) mass is 1210 g/mol. The first-order chi connectivity index (χ1) is 39.6. The molecule has 11 amide bonds. The Morgan fingerprint density at radius 1 is 0.430 bits per heavy atom. The second-order valence-electron chi connectivity index (χ2n) is 26.6. The minimum atomic E-state index is -1.82. The van der Waals surface area contributed by atoms with Crippen LogP contribution < -0.4 is 21.3 Å². The van der Waals surface area contributed by atoms with Gasteiger partial charge in [0, 0.05) is 55.3 Å². The summed E-state index contributed by atoms with van der Waals surface area (Å²) in [5, 5.41) is 11.0. The highest BCUT2D eigenvalue weighted by molar-refractivity contribution is 6.10. The molecule has 1 aliphatic heterocycles. The average Bonchev–Trinajstić information content (AvgIpc) is 2.16. The zero-order valence-electron chi connectivity index (χ0n) is 56.8. The van der Waals surface area contributed by atoms with Crippen molar-refractivity contribution in [3.8, 4) is 0 Å². The van der Waals surface area contributed by atoms with Gasteiger partial charge in [-0.15, -0.1) is 0 Å². The quantitative estimate of drug-likeness (QED) is 0.135. The second-order valence-corrected chi connectivity index (χ2v) is 26.6. The molecule has 0 unspecified atom stereocenters. The van der Waals surface area contributed by atoms with E-state index in [0.29, 0.717) is 0 Å². The Hall–Kier alpha value is -6.42. The zero-order valence-corrected chi connectivity index (χ0v) is 56.8. The molecular formula is C63H111N11O12. The van der Waals surface area contributed by atoms with Gasteiger partial charge in [0.2, 0.25) is 59.1 Å². The summed E-state index contributed by atoms with van der Waals surface area (Å²) >= 11 is 0. The van der Waals surface area contributed by atoms with Gasteiger partial charge in [-0.25, -0.2) is 0 Å². The lowest BCUT2D eigenvalue weighted by Crippen LogP contribution is -2.63. The molecule has 0 aromatic heterocycles. The van der Waals surface area contributed by atoms with Gasteiger partial charge < -0.3 is 55.6 Å². The molecule has 0 aromatic carbocycles. The van der Waals surface area contributed by atoms with E-state index in [2.05, 4.69) is 21.3 Å². The summed E-state index contributed by atoms with van der Waals surface area (Å²) < 4.78 is 0. The molecule has 0 aromatic rings. The molecule has 1 fully saturated rings. The normalized spacial score (nSPS) is 26.4. The molecule has 0 aliphatic carbocycles. The van der Waals surface area contributed by atoms with Crippen molar-refractivity contribution in [2.45, 2.75) is 217 Å². The lowest BCUT2D eigenvalue weighted by atomic mass is 9.92. The Morgan fingerprint density at radius 2 is 0.814 bits per heavy atom. The maximum Gasteiger partial charge on any atom is 0.251 e. The van der Waals surface area contributed by atoms with Gasteiger partial charge in [0.15, 0.2) is 11.8 Å². The first-order valence-corrected chi connectivity index (χ1v) is 30.8. The summed E-state index contributed by atoms with van der Waals surface area (Å²) in [6.45, 7) is 30.8. The Morgan fingerprint density at radius 3 is 1.26 bits per heavy atom. The van der Waals surface area contributed by atoms with E-state index in [9.17, 15) is 47.9 Å². The van der Waals surface area contributed by atoms with Crippen molar-refractivity contribution in [3.63, 3.8) is 0 Å². The highest BCUT2D eigenvalue weighted by atomic mass is 16.2. The Bertz CT molecular complexity index is 2410. The number of Topliss-reactive ketones (excluding diaryl/α,β-unsaturated/α-hetero) is 1. The van der Waals surface area contributed by atoms with Crippen molar-refractivity contribution in [1.82, 2.24) is 55.6 Å². The molecule has 0 bridgehead atoms. The summed E-state index contributed by atoms with van der Waals surface area (Å²) in [5.74, 6) is -11.6. The molecule has 0 saturated carbocycles. The van der Waals surface area contributed by atoms with Crippen LogP contribution in [0.3, 0.4) is 0 Å². The molecule has 1 heterocycles. The molecule has 4 N–H and O–H groups in total. The maximum atomic E-state index is 15.2. The molecule has 0 radical (unpaired) electrons. The van der Waals surface area contributed by atoms with E-state index >= 15 is 9.59 Å².